The van der Waals surface area contributed by atoms with Crippen molar-refractivity contribution in [3.05, 3.63) is 0 Å². The lowest BCUT2D eigenvalue weighted by Crippen LogP contribution is -2.47. The summed E-state index contributed by atoms with van der Waals surface area (Å²) in [5, 5.41) is 11.7. The Bertz CT molecular complexity index is 294. The molecule has 1 amide bonds. The molecule has 110 valence electrons. The number of hydroxylamine groups is 2. The van der Waals surface area contributed by atoms with E-state index < -0.39 is 6.10 Å². The van der Waals surface area contributed by atoms with Crippen LogP contribution in [0.25, 0.3) is 0 Å². The molecule has 1 N–H and O–H groups in total. The van der Waals surface area contributed by atoms with Crippen LogP contribution < -0.4 is 0 Å². The number of ether oxygens (including phenoxy) is 1. The molecule has 2 aliphatic rings. The third kappa shape index (κ3) is 3.89. The van der Waals surface area contributed by atoms with Gasteiger partial charge in [0.05, 0.1) is 32.0 Å². The van der Waals surface area contributed by atoms with Crippen LogP contribution in [0.1, 0.15) is 26.2 Å². The third-order valence-electron chi connectivity index (χ3n) is 3.73. The molecule has 0 radical (unpaired) electrons. The topological polar surface area (TPSA) is 62.2 Å². The molecule has 19 heavy (non-hydrogen) atoms. The van der Waals surface area contributed by atoms with E-state index in [1.807, 2.05) is 12.0 Å². The summed E-state index contributed by atoms with van der Waals surface area (Å²) in [7, 11) is 0. The first kappa shape index (κ1) is 14.7. The molecule has 0 aromatic carbocycles. The smallest absolute Gasteiger partial charge is 0.224 e. The van der Waals surface area contributed by atoms with Gasteiger partial charge in [-0.05, 0) is 19.8 Å². The minimum Gasteiger partial charge on any atom is -0.388 e. The lowest BCUT2D eigenvalue weighted by Gasteiger charge is -2.30. The molecule has 6 heteroatoms. The molecule has 0 unspecified atom stereocenters. The number of likely N-dealkylation sites (N-methyl/N-ethyl adjacent to an activating group) is 1. The van der Waals surface area contributed by atoms with E-state index in [4.69, 9.17) is 9.57 Å². The van der Waals surface area contributed by atoms with Gasteiger partial charge < -0.3 is 14.7 Å². The van der Waals surface area contributed by atoms with Gasteiger partial charge >= 0.3 is 0 Å². The van der Waals surface area contributed by atoms with Crippen LogP contribution in [-0.2, 0) is 14.4 Å². The second-order valence-electron chi connectivity index (χ2n) is 5.07. The van der Waals surface area contributed by atoms with Crippen LogP contribution >= 0.6 is 0 Å². The van der Waals surface area contributed by atoms with Crippen LogP contribution in [-0.4, -0.2) is 72.6 Å². The fourth-order valence-corrected chi connectivity index (χ4v) is 2.61. The Hall–Kier alpha value is -0.690. The van der Waals surface area contributed by atoms with Crippen LogP contribution in [0.2, 0.25) is 0 Å². The monoisotopic (exact) mass is 272 g/mol. The normalized spacial score (nSPS) is 28.5. The summed E-state index contributed by atoms with van der Waals surface area (Å²) in [6, 6.07) is -0.195. The molecule has 2 heterocycles. The second kappa shape index (κ2) is 7.19. The van der Waals surface area contributed by atoms with E-state index in [9.17, 15) is 9.90 Å². The molecule has 2 fully saturated rings. The predicted molar refractivity (Wildman–Crippen MR) is 69.4 cm³/mol. The fraction of sp³-hybridized carbons (Fsp3) is 0.923. The molecule has 2 saturated heterocycles. The van der Waals surface area contributed by atoms with Gasteiger partial charge in [0, 0.05) is 26.1 Å². The van der Waals surface area contributed by atoms with Crippen LogP contribution in [0.3, 0.4) is 0 Å². The molecule has 0 saturated carbocycles. The molecule has 6 nitrogen and oxygen atoms in total. The molecule has 2 rings (SSSR count). The molecule has 2 aliphatic heterocycles. The highest BCUT2D eigenvalue weighted by atomic mass is 16.7. The van der Waals surface area contributed by atoms with Crippen molar-refractivity contribution in [1.82, 2.24) is 9.96 Å². The van der Waals surface area contributed by atoms with E-state index in [2.05, 4.69) is 0 Å². The lowest BCUT2D eigenvalue weighted by atomic mass is 10.1. The first-order chi connectivity index (χ1) is 9.22. The van der Waals surface area contributed by atoms with E-state index in [1.54, 1.807) is 4.90 Å². The predicted octanol–water partition coefficient (Wildman–Crippen LogP) is 0.0121. The van der Waals surface area contributed by atoms with Crippen molar-refractivity contribution in [2.24, 2.45) is 0 Å². The van der Waals surface area contributed by atoms with Crippen molar-refractivity contribution in [1.29, 1.82) is 0 Å². The zero-order valence-electron chi connectivity index (χ0n) is 11.6. The molecule has 2 atom stereocenters. The molecule has 0 aromatic rings. The summed E-state index contributed by atoms with van der Waals surface area (Å²) in [5.41, 5.74) is 0. The summed E-state index contributed by atoms with van der Waals surface area (Å²) in [4.78, 5) is 19.4. The largest absolute Gasteiger partial charge is 0.388 e. The average Bonchev–Trinajstić information content (AvgIpc) is 2.85. The van der Waals surface area contributed by atoms with Gasteiger partial charge in [0.1, 0.15) is 0 Å². The van der Waals surface area contributed by atoms with E-state index in [1.165, 1.54) is 0 Å². The van der Waals surface area contributed by atoms with Crippen LogP contribution in [0.4, 0.5) is 0 Å². The first-order valence-corrected chi connectivity index (χ1v) is 7.15. The van der Waals surface area contributed by atoms with Crippen LogP contribution in [0, 0.1) is 0 Å². The molecule has 0 bridgehead atoms. The number of hydrogen-bond donors (Lipinski definition) is 1. The lowest BCUT2D eigenvalue weighted by molar-refractivity contribution is -0.183. The van der Waals surface area contributed by atoms with Crippen molar-refractivity contribution in [3.63, 3.8) is 0 Å². The fourth-order valence-electron chi connectivity index (χ4n) is 2.61. The van der Waals surface area contributed by atoms with E-state index in [0.717, 1.165) is 26.0 Å². The Balaban J connectivity index is 1.79. The van der Waals surface area contributed by atoms with Gasteiger partial charge in [-0.1, -0.05) is 0 Å². The van der Waals surface area contributed by atoms with E-state index in [0.29, 0.717) is 32.7 Å². The number of carbonyl (C=O) groups is 1. The highest BCUT2D eigenvalue weighted by Crippen LogP contribution is 2.15. The Labute approximate surface area is 114 Å². The van der Waals surface area contributed by atoms with Gasteiger partial charge in [0.15, 0.2) is 0 Å². The van der Waals surface area contributed by atoms with Crippen molar-refractivity contribution in [3.8, 4) is 0 Å². The van der Waals surface area contributed by atoms with Crippen LogP contribution in [0.5, 0.6) is 0 Å². The van der Waals surface area contributed by atoms with Gasteiger partial charge in [-0.2, -0.15) is 5.06 Å². The number of rotatable bonds is 5. The Morgan fingerprint density at radius 2 is 2.26 bits per heavy atom. The molecule has 0 aromatic heterocycles. The first-order valence-electron chi connectivity index (χ1n) is 7.15. The summed E-state index contributed by atoms with van der Waals surface area (Å²) in [6.07, 6.45) is 2.09. The highest BCUT2D eigenvalue weighted by molar-refractivity contribution is 5.76. The zero-order chi connectivity index (χ0) is 13.7. The minimum absolute atomic E-state index is 0.0613. The van der Waals surface area contributed by atoms with Crippen molar-refractivity contribution < 1.29 is 19.5 Å². The Morgan fingerprint density at radius 3 is 2.84 bits per heavy atom. The number of nitrogens with zero attached hydrogens (tertiary/aromatic N) is 2. The van der Waals surface area contributed by atoms with E-state index >= 15 is 0 Å². The van der Waals surface area contributed by atoms with Crippen LogP contribution in [0.15, 0.2) is 0 Å². The number of aliphatic hydroxyl groups excluding tert-OH is 1. The molecule has 0 spiro atoms. The van der Waals surface area contributed by atoms with Gasteiger partial charge in [0.2, 0.25) is 5.91 Å². The van der Waals surface area contributed by atoms with Gasteiger partial charge in [-0.3, -0.25) is 9.63 Å². The number of carbonyl (C=O) groups excluding carboxylic acids is 1. The molecular weight excluding hydrogens is 248 g/mol. The maximum atomic E-state index is 12.2. The highest BCUT2D eigenvalue weighted by Gasteiger charge is 2.33. The SMILES string of the molecule is CCN(C(=O)CCN1CCCCO1)[C@H]1COC[C@@H]1O. The third-order valence-corrected chi connectivity index (χ3v) is 3.73. The van der Waals surface area contributed by atoms with Gasteiger partial charge in [-0.25, -0.2) is 0 Å². The molecular formula is C13H24N2O4. The van der Waals surface area contributed by atoms with Crippen molar-refractivity contribution in [2.45, 2.75) is 38.3 Å². The van der Waals surface area contributed by atoms with E-state index in [-0.39, 0.29) is 11.9 Å². The maximum absolute atomic E-state index is 12.2. The Kier molecular flexibility index (Phi) is 5.57. The summed E-state index contributed by atoms with van der Waals surface area (Å²) >= 11 is 0. The Morgan fingerprint density at radius 1 is 1.42 bits per heavy atom. The van der Waals surface area contributed by atoms with Gasteiger partial charge in [-0.15, -0.1) is 0 Å². The number of hydrogen-bond acceptors (Lipinski definition) is 5. The number of aliphatic hydroxyl groups is 1. The standard InChI is InChI=1S/C13H24N2O4/c1-2-15(11-9-18-10-12(11)16)13(17)5-7-14-6-3-4-8-19-14/h11-12,16H,2-10H2,1H3/t11-,12-/m0/s1. The second-order valence-corrected chi connectivity index (χ2v) is 5.07. The number of amides is 1. The zero-order valence-corrected chi connectivity index (χ0v) is 11.6. The summed E-state index contributed by atoms with van der Waals surface area (Å²) < 4.78 is 5.22. The quantitative estimate of drug-likeness (QED) is 0.764. The summed E-state index contributed by atoms with van der Waals surface area (Å²) in [5.74, 6) is 0.0613. The van der Waals surface area contributed by atoms with Crippen molar-refractivity contribution in [2.75, 3.05) is 39.5 Å². The maximum Gasteiger partial charge on any atom is 0.224 e. The summed E-state index contributed by atoms with van der Waals surface area (Å²) in [6.45, 7) is 5.56. The van der Waals surface area contributed by atoms with Crippen molar-refractivity contribution >= 4 is 5.91 Å². The molecule has 0 aliphatic carbocycles. The average molecular weight is 272 g/mol. The van der Waals surface area contributed by atoms with Gasteiger partial charge in [0.25, 0.3) is 0 Å². The minimum atomic E-state index is -0.560.